The van der Waals surface area contributed by atoms with Gasteiger partial charge < -0.3 is 9.80 Å². The maximum atomic E-state index is 14.0. The second kappa shape index (κ2) is 6.66. The van der Waals surface area contributed by atoms with E-state index < -0.39 is 17.6 Å². The molecule has 30 heavy (non-hydrogen) atoms. The van der Waals surface area contributed by atoms with Gasteiger partial charge in [0, 0.05) is 43.5 Å². The molecule has 1 atom stereocenters. The summed E-state index contributed by atoms with van der Waals surface area (Å²) in [6.45, 7) is 2.91. The average Bonchev–Trinajstić information content (AvgIpc) is 2.96. The summed E-state index contributed by atoms with van der Waals surface area (Å²) in [5.74, 6) is 4.45. The molecule has 3 aliphatic heterocycles. The molecule has 4 aliphatic rings. The maximum absolute atomic E-state index is 14.0. The Morgan fingerprint density at radius 2 is 1.93 bits per heavy atom. The van der Waals surface area contributed by atoms with E-state index >= 15 is 0 Å². The Bertz CT molecular complexity index is 901. The number of alkyl halides is 3. The minimum atomic E-state index is -4.59. The molecule has 5 rings (SSSR count). The highest BCUT2D eigenvalue weighted by Crippen LogP contribution is 2.53. The minimum absolute atomic E-state index is 0.00995. The van der Waals surface area contributed by atoms with E-state index in [1.807, 2.05) is 9.80 Å². The van der Waals surface area contributed by atoms with Crippen LogP contribution in [0.3, 0.4) is 0 Å². The number of rotatable bonds is 2. The maximum Gasteiger partial charge on any atom is 0.417 e. The zero-order valence-corrected chi connectivity index (χ0v) is 17.3. The van der Waals surface area contributed by atoms with Gasteiger partial charge in [-0.05, 0) is 37.7 Å². The van der Waals surface area contributed by atoms with Gasteiger partial charge in [-0.25, -0.2) is 9.18 Å². The third-order valence-electron chi connectivity index (χ3n) is 6.94. The van der Waals surface area contributed by atoms with Crippen LogP contribution in [0.1, 0.15) is 30.5 Å². The van der Waals surface area contributed by atoms with Gasteiger partial charge >= 0.3 is 12.2 Å². The second-order valence-corrected chi connectivity index (χ2v) is 11.1. The Balaban J connectivity index is 1.09. The number of carbonyl (C=O) groups is 1. The Labute approximate surface area is 174 Å². The number of pyridine rings is 1. The number of nitrogens with zero attached hydrogens (tertiary/aromatic N) is 3. The van der Waals surface area contributed by atoms with Gasteiger partial charge in [0.2, 0.25) is 0 Å². The van der Waals surface area contributed by atoms with Gasteiger partial charge in [-0.15, -0.1) is 10.7 Å². The third-order valence-corrected chi connectivity index (χ3v) is 8.36. The molecule has 3 saturated heterocycles. The van der Waals surface area contributed by atoms with E-state index in [9.17, 15) is 22.4 Å². The largest absolute Gasteiger partial charge is 0.417 e. The van der Waals surface area contributed by atoms with E-state index in [2.05, 4.69) is 15.6 Å². The Morgan fingerprint density at radius 1 is 1.27 bits per heavy atom. The van der Waals surface area contributed by atoms with E-state index in [1.54, 1.807) is 0 Å². The predicted octanol–water partition coefficient (Wildman–Crippen LogP) is 3.28. The van der Waals surface area contributed by atoms with Crippen LogP contribution in [-0.4, -0.2) is 64.2 Å². The molecule has 1 aliphatic carbocycles. The van der Waals surface area contributed by atoms with Crippen molar-refractivity contribution in [3.05, 3.63) is 29.3 Å². The van der Waals surface area contributed by atoms with Crippen LogP contribution in [0.2, 0.25) is 0 Å². The standard InChI is InChI=1S/C20H24F4N4OS/c1-30-3-2-19(26-30)11-28(12-19)17(29)27-9-18(10-27)6-13(7-18)4-16-15(21)5-14(8-25-16)20(22,23)24/h5,8,13,26H,1-4,6-7,9-12H2. The number of halogens is 4. The minimum Gasteiger partial charge on any atom is -0.323 e. The fourth-order valence-corrected chi connectivity index (χ4v) is 7.06. The number of carbonyl (C=O) groups excluding carboxylic acids is 1. The van der Waals surface area contributed by atoms with Gasteiger partial charge in [0.05, 0.1) is 16.8 Å². The van der Waals surface area contributed by atoms with Gasteiger partial charge in [-0.2, -0.15) is 13.2 Å². The third kappa shape index (κ3) is 3.41. The molecule has 10 heteroatoms. The first kappa shape index (κ1) is 20.2. The second-order valence-electron chi connectivity index (χ2n) is 9.45. The number of likely N-dealkylation sites (tertiary alicyclic amines) is 2. The van der Waals surface area contributed by atoms with Crippen LogP contribution in [0.4, 0.5) is 22.4 Å². The van der Waals surface area contributed by atoms with Crippen LogP contribution >= 0.6 is 10.7 Å². The summed E-state index contributed by atoms with van der Waals surface area (Å²) in [6, 6.07) is 0.611. The highest BCUT2D eigenvalue weighted by atomic mass is 32.2. The average molecular weight is 444 g/mol. The molecule has 1 saturated carbocycles. The van der Waals surface area contributed by atoms with Crippen molar-refractivity contribution in [1.29, 1.82) is 0 Å². The van der Waals surface area contributed by atoms with E-state index in [4.69, 9.17) is 0 Å². The fourth-order valence-electron chi connectivity index (χ4n) is 5.48. The first-order valence-corrected chi connectivity index (χ1v) is 11.7. The molecule has 0 bridgehead atoms. The van der Waals surface area contributed by atoms with Crippen molar-refractivity contribution in [2.75, 3.05) is 31.9 Å². The van der Waals surface area contributed by atoms with Crippen LogP contribution in [0.15, 0.2) is 12.3 Å². The number of urea groups is 1. The lowest BCUT2D eigenvalue weighted by Gasteiger charge is -2.61. The zero-order valence-electron chi connectivity index (χ0n) is 16.5. The SMILES string of the molecule is C=S1CCC2(CN(C(=O)N3CC4(CC(Cc5ncc(C(F)(F)F)cc5F)C4)C3)C2)N1. The van der Waals surface area contributed by atoms with Crippen molar-refractivity contribution in [1.82, 2.24) is 19.5 Å². The number of nitrogens with one attached hydrogen (secondary N) is 1. The molecule has 2 spiro atoms. The summed E-state index contributed by atoms with van der Waals surface area (Å²) >= 11 is 0. The molecule has 5 nitrogen and oxygen atoms in total. The van der Waals surface area contributed by atoms with Crippen LogP contribution in [0.5, 0.6) is 0 Å². The lowest BCUT2D eigenvalue weighted by atomic mass is 9.57. The highest BCUT2D eigenvalue weighted by molar-refractivity contribution is 8.12. The molecule has 0 radical (unpaired) electrons. The molecule has 1 unspecified atom stereocenters. The predicted molar refractivity (Wildman–Crippen MR) is 107 cm³/mol. The van der Waals surface area contributed by atoms with E-state index in [0.29, 0.717) is 31.8 Å². The number of amides is 2. The fraction of sp³-hybridized carbons (Fsp3) is 0.650. The quantitative estimate of drug-likeness (QED) is 0.563. The lowest BCUT2D eigenvalue weighted by molar-refractivity contribution is -0.138. The van der Waals surface area contributed by atoms with Crippen molar-refractivity contribution >= 4 is 22.6 Å². The first-order valence-electron chi connectivity index (χ1n) is 10.1. The molecular weight excluding hydrogens is 420 g/mol. The number of aromatic nitrogens is 1. The van der Waals surface area contributed by atoms with Gasteiger partial charge in [0.15, 0.2) is 0 Å². The Morgan fingerprint density at radius 3 is 2.50 bits per heavy atom. The summed E-state index contributed by atoms with van der Waals surface area (Å²) in [6.07, 6.45) is -0.763. The molecule has 1 N–H and O–H groups in total. The molecular formula is C20H24F4N4OS. The van der Waals surface area contributed by atoms with E-state index in [0.717, 1.165) is 38.1 Å². The van der Waals surface area contributed by atoms with Crippen molar-refractivity contribution in [3.8, 4) is 0 Å². The molecule has 4 heterocycles. The summed E-state index contributed by atoms with van der Waals surface area (Å²) in [5.41, 5.74) is -0.803. The van der Waals surface area contributed by atoms with Crippen LogP contribution in [-0.2, 0) is 12.6 Å². The summed E-state index contributed by atoms with van der Waals surface area (Å²) in [5, 5.41) is 0. The molecule has 4 fully saturated rings. The normalized spacial score (nSPS) is 27.1. The molecule has 2 amide bonds. The zero-order chi connectivity index (χ0) is 21.3. The van der Waals surface area contributed by atoms with Crippen LogP contribution in [0, 0.1) is 17.2 Å². The number of hydrogen-bond acceptors (Lipinski definition) is 3. The van der Waals surface area contributed by atoms with Crippen LogP contribution in [0.25, 0.3) is 0 Å². The summed E-state index contributed by atoms with van der Waals surface area (Å²) < 4.78 is 55.4. The van der Waals surface area contributed by atoms with Gasteiger partial charge in [0.1, 0.15) is 5.82 Å². The monoisotopic (exact) mass is 444 g/mol. The number of hydrogen-bond donors (Lipinski definition) is 1. The summed E-state index contributed by atoms with van der Waals surface area (Å²) in [4.78, 5) is 20.1. The summed E-state index contributed by atoms with van der Waals surface area (Å²) in [7, 11) is 0.00995. The topological polar surface area (TPSA) is 48.5 Å². The Hall–Kier alpha value is -1.68. The van der Waals surface area contributed by atoms with Crippen molar-refractivity contribution in [2.24, 2.45) is 11.3 Å². The first-order chi connectivity index (χ1) is 14.1. The molecule has 0 aromatic carbocycles. The Kier molecular flexibility index (Phi) is 4.49. The lowest BCUT2D eigenvalue weighted by Crippen LogP contribution is -2.73. The van der Waals surface area contributed by atoms with E-state index in [1.165, 1.54) is 0 Å². The van der Waals surface area contributed by atoms with Crippen LogP contribution < -0.4 is 4.72 Å². The highest BCUT2D eigenvalue weighted by Gasteiger charge is 2.56. The molecule has 1 aromatic heterocycles. The van der Waals surface area contributed by atoms with Gasteiger partial charge in [-0.3, -0.25) is 9.71 Å². The molecule has 1 aromatic rings. The van der Waals surface area contributed by atoms with Crippen molar-refractivity contribution < 1.29 is 22.4 Å². The van der Waals surface area contributed by atoms with Crippen molar-refractivity contribution in [3.63, 3.8) is 0 Å². The molecule has 164 valence electrons. The van der Waals surface area contributed by atoms with Crippen molar-refractivity contribution in [2.45, 2.75) is 37.4 Å². The smallest absolute Gasteiger partial charge is 0.323 e. The van der Waals surface area contributed by atoms with Gasteiger partial charge in [0.25, 0.3) is 0 Å². The van der Waals surface area contributed by atoms with E-state index in [-0.39, 0.29) is 39.3 Å². The van der Waals surface area contributed by atoms with Gasteiger partial charge in [-0.1, -0.05) is 5.87 Å².